The minimum Gasteiger partial charge on any atom is -0.268 e. The minimum absolute atomic E-state index is 0.718. The summed E-state index contributed by atoms with van der Waals surface area (Å²) in [7, 11) is 0. The molecule has 0 radical (unpaired) electrons. The maximum atomic E-state index is 4.47. The zero-order chi connectivity index (χ0) is 15.6. The van der Waals surface area contributed by atoms with E-state index < -0.39 is 0 Å². The molecule has 4 rings (SSSR count). The maximum absolute atomic E-state index is 4.47. The summed E-state index contributed by atoms with van der Waals surface area (Å²) in [6.45, 7) is 1.50. The first-order valence-corrected chi connectivity index (χ1v) is 8.10. The van der Waals surface area contributed by atoms with Gasteiger partial charge in [0.1, 0.15) is 10.1 Å². The van der Waals surface area contributed by atoms with E-state index in [0.717, 1.165) is 28.6 Å². The van der Waals surface area contributed by atoms with Crippen LogP contribution in [0.2, 0.25) is 0 Å². The van der Waals surface area contributed by atoms with E-state index in [0.29, 0.717) is 0 Å². The highest BCUT2D eigenvalue weighted by Crippen LogP contribution is 2.22. The zero-order valence-corrected chi connectivity index (χ0v) is 13.9. The van der Waals surface area contributed by atoms with Crippen LogP contribution in [0.3, 0.4) is 0 Å². The molecule has 0 aliphatic heterocycles. The molecule has 0 amide bonds. The first-order valence-electron chi connectivity index (χ1n) is 7.31. The molecule has 0 aliphatic carbocycles. The highest BCUT2D eigenvalue weighted by molar-refractivity contribution is 9.10. The third-order valence-electron chi connectivity index (χ3n) is 3.76. The average molecular weight is 368 g/mol. The predicted molar refractivity (Wildman–Crippen MR) is 92.1 cm³/mol. The van der Waals surface area contributed by atoms with Gasteiger partial charge in [0.15, 0.2) is 0 Å². The van der Waals surface area contributed by atoms with Crippen molar-refractivity contribution in [2.24, 2.45) is 0 Å². The molecule has 3 aromatic heterocycles. The van der Waals surface area contributed by atoms with Crippen LogP contribution in [0.1, 0.15) is 11.1 Å². The smallest absolute Gasteiger partial charge is 0.131 e. The molecule has 114 valence electrons. The van der Waals surface area contributed by atoms with Crippen molar-refractivity contribution >= 4 is 26.8 Å². The van der Waals surface area contributed by atoms with E-state index in [1.165, 1.54) is 11.1 Å². The van der Waals surface area contributed by atoms with Crippen LogP contribution in [-0.4, -0.2) is 24.5 Å². The van der Waals surface area contributed by atoms with Crippen molar-refractivity contribution in [2.45, 2.75) is 13.1 Å². The van der Waals surface area contributed by atoms with Crippen molar-refractivity contribution in [1.29, 1.82) is 0 Å². The molecule has 0 atom stereocenters. The second-order valence-electron chi connectivity index (χ2n) is 5.36. The van der Waals surface area contributed by atoms with Gasteiger partial charge in [0.25, 0.3) is 0 Å². The summed E-state index contributed by atoms with van der Waals surface area (Å²) in [5.74, 6) is 0. The van der Waals surface area contributed by atoms with Crippen molar-refractivity contribution in [1.82, 2.24) is 24.5 Å². The summed E-state index contributed by atoms with van der Waals surface area (Å²) in [5.41, 5.74) is 3.45. The Morgan fingerprint density at radius 3 is 2.43 bits per heavy atom. The van der Waals surface area contributed by atoms with Crippen molar-refractivity contribution < 1.29 is 0 Å². The second-order valence-corrected chi connectivity index (χ2v) is 6.11. The van der Waals surface area contributed by atoms with E-state index in [1.807, 2.05) is 33.9 Å². The zero-order valence-electron chi connectivity index (χ0n) is 12.3. The van der Waals surface area contributed by atoms with Gasteiger partial charge in [-0.1, -0.05) is 24.3 Å². The van der Waals surface area contributed by atoms with Crippen LogP contribution in [0.25, 0.3) is 10.9 Å². The number of hydrogen-bond donors (Lipinski definition) is 0. The van der Waals surface area contributed by atoms with Crippen LogP contribution in [0.5, 0.6) is 0 Å². The molecule has 0 N–H and O–H groups in total. The monoisotopic (exact) mass is 367 g/mol. The molecule has 1 aromatic carbocycles. The van der Waals surface area contributed by atoms with E-state index in [-0.39, 0.29) is 0 Å². The Balaban J connectivity index is 1.56. The third-order valence-corrected chi connectivity index (χ3v) is 4.34. The molecule has 0 spiro atoms. The second kappa shape index (κ2) is 5.96. The molecule has 0 fully saturated rings. The Morgan fingerprint density at radius 2 is 1.70 bits per heavy atom. The number of halogens is 1. The Labute approximate surface area is 141 Å². The molecule has 4 aromatic rings. The Hall–Kier alpha value is -2.47. The summed E-state index contributed by atoms with van der Waals surface area (Å²) in [6.07, 6.45) is 7.41. The molecule has 0 aliphatic rings. The van der Waals surface area contributed by atoms with Crippen LogP contribution in [-0.2, 0) is 13.1 Å². The molecule has 5 nitrogen and oxygen atoms in total. The molecular formula is C17H14BrN5. The predicted octanol–water partition coefficient (Wildman–Crippen LogP) is 3.49. The van der Waals surface area contributed by atoms with E-state index in [9.17, 15) is 0 Å². The molecule has 3 heterocycles. The van der Waals surface area contributed by atoms with Crippen molar-refractivity contribution in [3.8, 4) is 0 Å². The molecule has 0 bridgehead atoms. The highest BCUT2D eigenvalue weighted by atomic mass is 79.9. The molecule has 0 saturated heterocycles. The standard InChI is InChI=1S/C17H14BrN5/c18-17-16-15(6-8-19-17)10-21-23(16)12-14-4-2-13(3-5-14)11-22-9-1-7-20-22/h1-10H,11-12H2. The summed E-state index contributed by atoms with van der Waals surface area (Å²) in [4.78, 5) is 4.28. The van der Waals surface area contributed by atoms with E-state index in [1.54, 1.807) is 12.4 Å². The topological polar surface area (TPSA) is 48.5 Å². The van der Waals surface area contributed by atoms with Gasteiger partial charge in [0.05, 0.1) is 19.3 Å². The van der Waals surface area contributed by atoms with E-state index >= 15 is 0 Å². The van der Waals surface area contributed by atoms with Crippen LogP contribution in [0, 0.1) is 0 Å². The van der Waals surface area contributed by atoms with Crippen LogP contribution >= 0.6 is 15.9 Å². The fourth-order valence-corrected chi connectivity index (χ4v) is 3.17. The Morgan fingerprint density at radius 1 is 0.913 bits per heavy atom. The van der Waals surface area contributed by atoms with E-state index in [4.69, 9.17) is 0 Å². The molecule has 0 unspecified atom stereocenters. The lowest BCUT2D eigenvalue weighted by molar-refractivity contribution is 0.684. The lowest BCUT2D eigenvalue weighted by Crippen LogP contribution is -2.03. The lowest BCUT2D eigenvalue weighted by atomic mass is 10.1. The van der Waals surface area contributed by atoms with Gasteiger partial charge in [-0.25, -0.2) is 4.98 Å². The van der Waals surface area contributed by atoms with E-state index in [2.05, 4.69) is 55.4 Å². The van der Waals surface area contributed by atoms with Gasteiger partial charge in [0.2, 0.25) is 0 Å². The van der Waals surface area contributed by atoms with Crippen LogP contribution in [0.4, 0.5) is 0 Å². The van der Waals surface area contributed by atoms with Crippen molar-refractivity contribution in [3.63, 3.8) is 0 Å². The molecule has 0 saturated carbocycles. The molecule has 23 heavy (non-hydrogen) atoms. The number of fused-ring (bicyclic) bond motifs is 1. The van der Waals surface area contributed by atoms with Gasteiger partial charge in [-0.15, -0.1) is 0 Å². The molecule has 6 heteroatoms. The largest absolute Gasteiger partial charge is 0.268 e. The lowest BCUT2D eigenvalue weighted by Gasteiger charge is -2.07. The summed E-state index contributed by atoms with van der Waals surface area (Å²) >= 11 is 3.50. The van der Waals surface area contributed by atoms with Gasteiger partial charge >= 0.3 is 0 Å². The van der Waals surface area contributed by atoms with Gasteiger partial charge in [-0.2, -0.15) is 10.2 Å². The quantitative estimate of drug-likeness (QED) is 0.518. The SMILES string of the molecule is Brc1nccc2cnn(Cc3ccc(Cn4cccn4)cc3)c12. The fraction of sp³-hybridized carbons (Fsp3) is 0.118. The number of nitrogens with zero attached hydrogens (tertiary/aromatic N) is 5. The number of benzene rings is 1. The highest BCUT2D eigenvalue weighted by Gasteiger charge is 2.07. The fourth-order valence-electron chi connectivity index (χ4n) is 2.62. The number of pyridine rings is 1. The minimum atomic E-state index is 0.718. The number of rotatable bonds is 4. The van der Waals surface area contributed by atoms with Gasteiger partial charge in [-0.05, 0) is 39.2 Å². The maximum Gasteiger partial charge on any atom is 0.131 e. The number of hydrogen-bond acceptors (Lipinski definition) is 3. The summed E-state index contributed by atoms with van der Waals surface area (Å²) < 4.78 is 4.70. The van der Waals surface area contributed by atoms with Gasteiger partial charge in [-0.3, -0.25) is 9.36 Å². The van der Waals surface area contributed by atoms with Crippen molar-refractivity contribution in [2.75, 3.05) is 0 Å². The number of aromatic nitrogens is 5. The Bertz CT molecular complexity index is 925. The summed E-state index contributed by atoms with van der Waals surface area (Å²) in [6, 6.07) is 12.4. The molecular weight excluding hydrogens is 354 g/mol. The normalized spacial score (nSPS) is 11.2. The first-order chi connectivity index (χ1) is 11.3. The van der Waals surface area contributed by atoms with Gasteiger partial charge in [0, 0.05) is 24.0 Å². The first kappa shape index (κ1) is 14.1. The average Bonchev–Trinajstić information content (AvgIpc) is 3.20. The third kappa shape index (κ3) is 2.90. The van der Waals surface area contributed by atoms with Crippen LogP contribution < -0.4 is 0 Å². The summed E-state index contributed by atoms with van der Waals surface area (Å²) in [5, 5.41) is 9.78. The van der Waals surface area contributed by atoms with Gasteiger partial charge < -0.3 is 0 Å². The van der Waals surface area contributed by atoms with Crippen molar-refractivity contribution in [3.05, 3.63) is 76.9 Å². The Kier molecular flexibility index (Phi) is 3.67. The van der Waals surface area contributed by atoms with Crippen LogP contribution in [0.15, 0.2) is 65.8 Å².